The van der Waals surface area contributed by atoms with Gasteiger partial charge in [0.1, 0.15) is 5.82 Å². The van der Waals surface area contributed by atoms with E-state index in [0.29, 0.717) is 0 Å². The number of carboxylic acids is 1. The van der Waals surface area contributed by atoms with Crippen molar-refractivity contribution in [3.63, 3.8) is 0 Å². The van der Waals surface area contributed by atoms with Crippen LogP contribution in [0.3, 0.4) is 0 Å². The van der Waals surface area contributed by atoms with Crippen molar-refractivity contribution in [2.45, 2.75) is 18.9 Å². The molecule has 0 spiro atoms. The van der Waals surface area contributed by atoms with Crippen LogP contribution in [0.15, 0.2) is 24.3 Å². The third-order valence-corrected chi connectivity index (χ3v) is 3.40. The maximum Gasteiger partial charge on any atom is 0.303 e. The van der Waals surface area contributed by atoms with E-state index in [0.717, 1.165) is 18.5 Å². The van der Waals surface area contributed by atoms with E-state index in [1.807, 2.05) is 13.1 Å². The van der Waals surface area contributed by atoms with Crippen LogP contribution in [0, 0.1) is 11.7 Å². The number of halogens is 1. The Morgan fingerprint density at radius 1 is 1.59 bits per heavy atom. The molecular weight excluding hydrogens is 221 g/mol. The third-order valence-electron chi connectivity index (χ3n) is 3.40. The van der Waals surface area contributed by atoms with Crippen LogP contribution >= 0.6 is 0 Å². The molecule has 0 aliphatic carbocycles. The number of hydrogen-bond acceptors (Lipinski definition) is 2. The van der Waals surface area contributed by atoms with Gasteiger partial charge < -0.3 is 5.11 Å². The van der Waals surface area contributed by atoms with Crippen molar-refractivity contribution in [2.75, 3.05) is 13.6 Å². The van der Waals surface area contributed by atoms with Crippen molar-refractivity contribution in [2.24, 2.45) is 5.92 Å². The summed E-state index contributed by atoms with van der Waals surface area (Å²) in [4.78, 5) is 12.9. The summed E-state index contributed by atoms with van der Waals surface area (Å²) in [6.45, 7) is 0.860. The number of carboxylic acid groups (broad SMARTS) is 1. The Hall–Kier alpha value is -1.42. The van der Waals surface area contributed by atoms with Crippen LogP contribution < -0.4 is 0 Å². The molecule has 0 bridgehead atoms. The molecule has 0 radical (unpaired) electrons. The topological polar surface area (TPSA) is 40.5 Å². The van der Waals surface area contributed by atoms with Crippen LogP contribution in [0.1, 0.15) is 24.4 Å². The summed E-state index contributed by atoms with van der Waals surface area (Å²) < 4.78 is 13.2. The fraction of sp³-hybridized carbons (Fsp3) is 0.462. The van der Waals surface area contributed by atoms with E-state index in [4.69, 9.17) is 5.11 Å². The third kappa shape index (κ3) is 2.64. The second kappa shape index (κ2) is 4.84. The number of carbonyl (C=O) groups is 1. The maximum atomic E-state index is 13.2. The van der Waals surface area contributed by atoms with Crippen LogP contribution in [0.5, 0.6) is 0 Å². The highest BCUT2D eigenvalue weighted by molar-refractivity contribution is 5.67. The summed E-state index contributed by atoms with van der Waals surface area (Å²) in [5, 5.41) is 8.89. The highest BCUT2D eigenvalue weighted by Crippen LogP contribution is 2.38. The molecule has 2 rings (SSSR count). The molecule has 1 aliphatic rings. The molecule has 0 aromatic heterocycles. The standard InChI is InChI=1S/C13H16FNO2/c1-15-6-5-10(8-12(16)17)13(15)9-3-2-4-11(14)7-9/h2-4,7,10,13H,5-6,8H2,1H3,(H,16,17). The van der Waals surface area contributed by atoms with Crippen molar-refractivity contribution in [1.82, 2.24) is 4.90 Å². The van der Waals surface area contributed by atoms with Gasteiger partial charge in [0, 0.05) is 6.04 Å². The summed E-state index contributed by atoms with van der Waals surface area (Å²) in [7, 11) is 1.96. The molecule has 1 aromatic carbocycles. The van der Waals surface area contributed by atoms with Crippen LogP contribution in [0.4, 0.5) is 4.39 Å². The lowest BCUT2D eigenvalue weighted by molar-refractivity contribution is -0.138. The minimum Gasteiger partial charge on any atom is -0.481 e. The van der Waals surface area contributed by atoms with E-state index in [1.54, 1.807) is 6.07 Å². The van der Waals surface area contributed by atoms with E-state index in [-0.39, 0.29) is 24.2 Å². The molecule has 2 unspecified atom stereocenters. The Bertz CT molecular complexity index is 422. The molecule has 4 heteroatoms. The van der Waals surface area contributed by atoms with Gasteiger partial charge in [-0.05, 0) is 43.6 Å². The van der Waals surface area contributed by atoms with Crippen LogP contribution in [-0.4, -0.2) is 29.6 Å². The normalized spacial score (nSPS) is 25.1. The molecule has 17 heavy (non-hydrogen) atoms. The van der Waals surface area contributed by atoms with E-state index in [1.165, 1.54) is 12.1 Å². The molecule has 1 N–H and O–H groups in total. The second-order valence-corrected chi connectivity index (χ2v) is 4.63. The molecule has 2 atom stereocenters. The fourth-order valence-electron chi connectivity index (χ4n) is 2.68. The Morgan fingerprint density at radius 2 is 2.35 bits per heavy atom. The monoisotopic (exact) mass is 237 g/mol. The first-order chi connectivity index (χ1) is 8.08. The van der Waals surface area contributed by atoms with E-state index < -0.39 is 5.97 Å². The zero-order chi connectivity index (χ0) is 12.4. The Balaban J connectivity index is 2.24. The number of rotatable bonds is 3. The van der Waals surface area contributed by atoms with Crippen molar-refractivity contribution in [1.29, 1.82) is 0 Å². The summed E-state index contributed by atoms with van der Waals surface area (Å²) in [5.41, 5.74) is 0.872. The fourth-order valence-corrected chi connectivity index (χ4v) is 2.68. The van der Waals surface area contributed by atoms with Crippen molar-refractivity contribution in [3.05, 3.63) is 35.6 Å². The molecule has 1 aromatic rings. The number of benzene rings is 1. The number of likely N-dealkylation sites (tertiary alicyclic amines) is 1. The van der Waals surface area contributed by atoms with E-state index >= 15 is 0 Å². The summed E-state index contributed by atoms with van der Waals surface area (Å²) in [5.74, 6) is -0.983. The average Bonchev–Trinajstić information content (AvgIpc) is 2.59. The minimum absolute atomic E-state index is 0.0156. The molecule has 0 amide bonds. The predicted molar refractivity (Wildman–Crippen MR) is 62.1 cm³/mol. The van der Waals surface area contributed by atoms with Gasteiger partial charge in [-0.1, -0.05) is 12.1 Å². The first-order valence-corrected chi connectivity index (χ1v) is 5.75. The maximum absolute atomic E-state index is 13.2. The summed E-state index contributed by atoms with van der Waals surface area (Å²) in [6.07, 6.45) is 0.996. The van der Waals surface area contributed by atoms with Gasteiger partial charge in [-0.25, -0.2) is 4.39 Å². The Morgan fingerprint density at radius 3 is 3.00 bits per heavy atom. The smallest absolute Gasteiger partial charge is 0.303 e. The molecule has 1 fully saturated rings. The molecule has 0 saturated carbocycles. The summed E-state index contributed by atoms with van der Waals surface area (Å²) >= 11 is 0. The first kappa shape index (κ1) is 12.0. The Kier molecular flexibility index (Phi) is 3.43. The molecule has 92 valence electrons. The van der Waals surface area contributed by atoms with Gasteiger partial charge in [0.05, 0.1) is 6.42 Å². The second-order valence-electron chi connectivity index (χ2n) is 4.63. The lowest BCUT2D eigenvalue weighted by Gasteiger charge is -2.24. The Labute approximate surface area is 99.9 Å². The largest absolute Gasteiger partial charge is 0.481 e. The van der Waals surface area contributed by atoms with Crippen molar-refractivity contribution in [3.8, 4) is 0 Å². The van der Waals surface area contributed by atoms with Gasteiger partial charge in [-0.2, -0.15) is 0 Å². The highest BCUT2D eigenvalue weighted by Gasteiger charge is 2.34. The van der Waals surface area contributed by atoms with Gasteiger partial charge in [0.15, 0.2) is 0 Å². The molecule has 1 saturated heterocycles. The summed E-state index contributed by atoms with van der Waals surface area (Å²) in [6, 6.07) is 6.47. The highest BCUT2D eigenvalue weighted by atomic mass is 19.1. The van der Waals surface area contributed by atoms with Gasteiger partial charge in [-0.15, -0.1) is 0 Å². The van der Waals surface area contributed by atoms with Gasteiger partial charge in [0.2, 0.25) is 0 Å². The van der Waals surface area contributed by atoms with Gasteiger partial charge >= 0.3 is 5.97 Å². The lowest BCUT2D eigenvalue weighted by Crippen LogP contribution is -2.22. The van der Waals surface area contributed by atoms with Crippen LogP contribution in [0.2, 0.25) is 0 Å². The SMILES string of the molecule is CN1CCC(CC(=O)O)C1c1cccc(F)c1. The van der Waals surface area contributed by atoms with Crippen molar-refractivity contribution < 1.29 is 14.3 Å². The predicted octanol–water partition coefficient (Wildman–Crippen LogP) is 2.29. The average molecular weight is 237 g/mol. The van der Waals surface area contributed by atoms with Crippen molar-refractivity contribution >= 4 is 5.97 Å². The van der Waals surface area contributed by atoms with Crippen LogP contribution in [-0.2, 0) is 4.79 Å². The quantitative estimate of drug-likeness (QED) is 0.876. The zero-order valence-corrected chi connectivity index (χ0v) is 9.77. The molecule has 1 heterocycles. The van der Waals surface area contributed by atoms with E-state index in [9.17, 15) is 9.18 Å². The van der Waals surface area contributed by atoms with E-state index in [2.05, 4.69) is 4.90 Å². The molecule has 1 aliphatic heterocycles. The van der Waals surface area contributed by atoms with Gasteiger partial charge in [0.25, 0.3) is 0 Å². The molecule has 3 nitrogen and oxygen atoms in total. The zero-order valence-electron chi connectivity index (χ0n) is 9.77. The molecular formula is C13H16FNO2. The number of nitrogens with zero attached hydrogens (tertiary/aromatic N) is 1. The minimum atomic E-state index is -0.785. The lowest BCUT2D eigenvalue weighted by atomic mass is 9.91. The van der Waals surface area contributed by atoms with Gasteiger partial charge in [-0.3, -0.25) is 9.69 Å². The number of hydrogen-bond donors (Lipinski definition) is 1. The number of aliphatic carboxylic acids is 1. The first-order valence-electron chi connectivity index (χ1n) is 5.75. The van der Waals surface area contributed by atoms with Crippen LogP contribution in [0.25, 0.3) is 0 Å².